The Balaban J connectivity index is 2.08. The molecule has 0 aromatic carbocycles. The van der Waals surface area contributed by atoms with E-state index in [9.17, 15) is 5.11 Å². The SMILES string of the molecule is CN1CCC[C@@H]1C(O)c1cccs1. The third-order valence-corrected chi connectivity index (χ3v) is 3.72. The van der Waals surface area contributed by atoms with Gasteiger partial charge in [-0.05, 0) is 37.9 Å². The summed E-state index contributed by atoms with van der Waals surface area (Å²) in [5.74, 6) is 0. The van der Waals surface area contributed by atoms with Crippen molar-refractivity contribution < 1.29 is 5.11 Å². The van der Waals surface area contributed by atoms with Gasteiger partial charge in [-0.25, -0.2) is 0 Å². The number of aliphatic hydroxyl groups excluding tert-OH is 1. The zero-order valence-corrected chi connectivity index (χ0v) is 8.63. The largest absolute Gasteiger partial charge is 0.386 e. The first-order valence-electron chi connectivity index (χ1n) is 4.71. The Labute approximate surface area is 82.8 Å². The Morgan fingerprint density at radius 1 is 1.69 bits per heavy atom. The number of thiophene rings is 1. The van der Waals surface area contributed by atoms with Gasteiger partial charge in [0.05, 0.1) is 0 Å². The summed E-state index contributed by atoms with van der Waals surface area (Å²) in [7, 11) is 2.09. The maximum atomic E-state index is 10.0. The molecule has 2 heterocycles. The Hall–Kier alpha value is -0.380. The minimum Gasteiger partial charge on any atom is -0.386 e. The van der Waals surface area contributed by atoms with Crippen molar-refractivity contribution in [3.8, 4) is 0 Å². The van der Waals surface area contributed by atoms with Gasteiger partial charge in [0.1, 0.15) is 6.10 Å². The van der Waals surface area contributed by atoms with Crippen molar-refractivity contribution in [3.63, 3.8) is 0 Å². The van der Waals surface area contributed by atoms with Crippen LogP contribution in [0.25, 0.3) is 0 Å². The first kappa shape index (κ1) is 9.19. The lowest BCUT2D eigenvalue weighted by molar-refractivity contribution is 0.0886. The fraction of sp³-hybridized carbons (Fsp3) is 0.600. The molecule has 0 bridgehead atoms. The second kappa shape index (κ2) is 3.78. The fourth-order valence-electron chi connectivity index (χ4n) is 1.98. The van der Waals surface area contributed by atoms with Crippen LogP contribution in [-0.4, -0.2) is 29.6 Å². The lowest BCUT2D eigenvalue weighted by atomic mass is 10.1. The van der Waals surface area contributed by atoms with E-state index >= 15 is 0 Å². The molecule has 2 atom stereocenters. The molecule has 1 aliphatic heterocycles. The molecule has 1 fully saturated rings. The van der Waals surface area contributed by atoms with Crippen molar-refractivity contribution in [2.45, 2.75) is 25.0 Å². The van der Waals surface area contributed by atoms with Gasteiger partial charge in [-0.1, -0.05) is 6.07 Å². The zero-order chi connectivity index (χ0) is 9.26. The van der Waals surface area contributed by atoms with Crippen molar-refractivity contribution in [1.29, 1.82) is 0 Å². The summed E-state index contributed by atoms with van der Waals surface area (Å²) in [6.45, 7) is 1.12. The van der Waals surface area contributed by atoms with Gasteiger partial charge in [0.15, 0.2) is 0 Å². The van der Waals surface area contributed by atoms with Crippen LogP contribution in [0.4, 0.5) is 0 Å². The molecular formula is C10H15NOS. The number of hydrogen-bond donors (Lipinski definition) is 1. The third-order valence-electron chi connectivity index (χ3n) is 2.78. The summed E-state index contributed by atoms with van der Waals surface area (Å²) in [6.07, 6.45) is 2.05. The van der Waals surface area contributed by atoms with E-state index in [-0.39, 0.29) is 6.10 Å². The summed E-state index contributed by atoms with van der Waals surface area (Å²) < 4.78 is 0. The van der Waals surface area contributed by atoms with Gasteiger partial charge in [-0.15, -0.1) is 11.3 Å². The molecular weight excluding hydrogens is 182 g/mol. The number of nitrogens with zero attached hydrogens (tertiary/aromatic N) is 1. The van der Waals surface area contributed by atoms with Crippen LogP contribution in [0.3, 0.4) is 0 Å². The highest BCUT2D eigenvalue weighted by molar-refractivity contribution is 7.10. The van der Waals surface area contributed by atoms with E-state index in [1.54, 1.807) is 11.3 Å². The summed E-state index contributed by atoms with van der Waals surface area (Å²) in [4.78, 5) is 3.35. The first-order chi connectivity index (χ1) is 6.29. The van der Waals surface area contributed by atoms with Crippen molar-refractivity contribution in [2.24, 2.45) is 0 Å². The summed E-state index contributed by atoms with van der Waals surface area (Å²) >= 11 is 1.64. The molecule has 1 N–H and O–H groups in total. The Bertz CT molecular complexity index is 260. The molecule has 1 unspecified atom stereocenters. The lowest BCUT2D eigenvalue weighted by Gasteiger charge is -2.23. The molecule has 0 aliphatic carbocycles. The van der Waals surface area contributed by atoms with E-state index in [0.29, 0.717) is 6.04 Å². The number of rotatable bonds is 2. The van der Waals surface area contributed by atoms with E-state index < -0.39 is 0 Å². The minimum absolute atomic E-state index is 0.285. The normalized spacial score (nSPS) is 26.5. The van der Waals surface area contributed by atoms with Crippen molar-refractivity contribution in [3.05, 3.63) is 22.4 Å². The monoisotopic (exact) mass is 197 g/mol. The van der Waals surface area contributed by atoms with Crippen LogP contribution in [0.1, 0.15) is 23.8 Å². The molecule has 1 aromatic heterocycles. The van der Waals surface area contributed by atoms with Gasteiger partial charge in [0, 0.05) is 10.9 Å². The maximum absolute atomic E-state index is 10.0. The number of likely N-dealkylation sites (tertiary alicyclic amines) is 1. The smallest absolute Gasteiger partial charge is 0.104 e. The average Bonchev–Trinajstić information content (AvgIpc) is 2.72. The molecule has 72 valence electrons. The Morgan fingerprint density at radius 2 is 2.54 bits per heavy atom. The first-order valence-corrected chi connectivity index (χ1v) is 5.58. The van der Waals surface area contributed by atoms with Gasteiger partial charge in [-0.3, -0.25) is 0 Å². The molecule has 2 nitrogen and oxygen atoms in total. The van der Waals surface area contributed by atoms with Crippen molar-refractivity contribution >= 4 is 11.3 Å². The average molecular weight is 197 g/mol. The molecule has 0 amide bonds. The van der Waals surface area contributed by atoms with Crippen LogP contribution < -0.4 is 0 Å². The zero-order valence-electron chi connectivity index (χ0n) is 7.81. The Kier molecular flexibility index (Phi) is 2.67. The standard InChI is InChI=1S/C10H15NOS/c1-11-6-2-4-8(11)10(12)9-5-3-7-13-9/h3,5,7-8,10,12H,2,4,6H2,1H3/t8-,10?/m1/s1. The topological polar surface area (TPSA) is 23.5 Å². The van der Waals surface area contributed by atoms with E-state index in [1.165, 1.54) is 6.42 Å². The van der Waals surface area contributed by atoms with Crippen LogP contribution in [0.5, 0.6) is 0 Å². The van der Waals surface area contributed by atoms with Crippen molar-refractivity contribution in [2.75, 3.05) is 13.6 Å². The summed E-state index contributed by atoms with van der Waals surface area (Å²) in [5, 5.41) is 12.1. The third kappa shape index (κ3) is 1.77. The van der Waals surface area contributed by atoms with Crippen LogP contribution in [0.15, 0.2) is 17.5 Å². The predicted molar refractivity (Wildman–Crippen MR) is 54.9 cm³/mol. The summed E-state index contributed by atoms with van der Waals surface area (Å²) in [5.41, 5.74) is 0. The van der Waals surface area contributed by atoms with Crippen LogP contribution >= 0.6 is 11.3 Å². The maximum Gasteiger partial charge on any atom is 0.104 e. The van der Waals surface area contributed by atoms with E-state index in [0.717, 1.165) is 17.8 Å². The Morgan fingerprint density at radius 3 is 3.08 bits per heavy atom. The predicted octanol–water partition coefficient (Wildman–Crippen LogP) is 1.88. The number of hydrogen-bond acceptors (Lipinski definition) is 3. The van der Waals surface area contributed by atoms with E-state index in [4.69, 9.17) is 0 Å². The molecule has 0 saturated carbocycles. The van der Waals surface area contributed by atoms with Gasteiger partial charge in [0.2, 0.25) is 0 Å². The van der Waals surface area contributed by atoms with Crippen LogP contribution in [0, 0.1) is 0 Å². The van der Waals surface area contributed by atoms with Crippen molar-refractivity contribution in [1.82, 2.24) is 4.90 Å². The second-order valence-electron chi connectivity index (χ2n) is 3.65. The molecule has 3 heteroatoms. The second-order valence-corrected chi connectivity index (χ2v) is 4.63. The van der Waals surface area contributed by atoms with E-state index in [2.05, 4.69) is 11.9 Å². The highest BCUT2D eigenvalue weighted by atomic mass is 32.1. The minimum atomic E-state index is -0.285. The molecule has 1 aliphatic rings. The molecule has 0 radical (unpaired) electrons. The molecule has 1 saturated heterocycles. The van der Waals surface area contributed by atoms with Gasteiger partial charge < -0.3 is 10.0 Å². The molecule has 2 rings (SSSR count). The molecule has 0 spiro atoms. The van der Waals surface area contributed by atoms with Crippen LogP contribution in [0.2, 0.25) is 0 Å². The van der Waals surface area contributed by atoms with Gasteiger partial charge in [0.25, 0.3) is 0 Å². The van der Waals surface area contributed by atoms with E-state index in [1.807, 2.05) is 17.5 Å². The van der Waals surface area contributed by atoms with Crippen LogP contribution in [-0.2, 0) is 0 Å². The summed E-state index contributed by atoms with van der Waals surface area (Å²) in [6, 6.07) is 4.35. The molecule has 1 aromatic rings. The van der Waals surface area contributed by atoms with Gasteiger partial charge in [-0.2, -0.15) is 0 Å². The number of aliphatic hydroxyl groups is 1. The highest BCUT2D eigenvalue weighted by Gasteiger charge is 2.29. The molecule has 13 heavy (non-hydrogen) atoms. The van der Waals surface area contributed by atoms with Gasteiger partial charge >= 0.3 is 0 Å². The highest BCUT2D eigenvalue weighted by Crippen LogP contribution is 2.30. The quantitative estimate of drug-likeness (QED) is 0.782. The fourth-order valence-corrected chi connectivity index (χ4v) is 2.75. The number of likely N-dealkylation sites (N-methyl/N-ethyl adjacent to an activating group) is 1. The lowest BCUT2D eigenvalue weighted by Crippen LogP contribution is -2.30.